The molecular formula is C18H25N3O2S. The molecule has 24 heavy (non-hydrogen) atoms. The van der Waals surface area contributed by atoms with E-state index < -0.39 is 10.0 Å². The fourth-order valence-corrected chi connectivity index (χ4v) is 3.73. The molecule has 0 amide bonds. The van der Waals surface area contributed by atoms with Crippen LogP contribution in [-0.4, -0.2) is 27.0 Å². The largest absolute Gasteiger partial charge is 0.373 e. The van der Waals surface area contributed by atoms with Crippen molar-refractivity contribution in [3.63, 3.8) is 0 Å². The third-order valence-electron chi connectivity index (χ3n) is 3.91. The molecule has 0 bridgehead atoms. The minimum absolute atomic E-state index is 0.286. The van der Waals surface area contributed by atoms with E-state index >= 15 is 0 Å². The van der Waals surface area contributed by atoms with Gasteiger partial charge in [-0.25, -0.2) is 13.4 Å². The van der Waals surface area contributed by atoms with Gasteiger partial charge >= 0.3 is 0 Å². The number of unbranched alkanes of at least 4 members (excludes halogenated alkanes) is 1. The quantitative estimate of drug-likeness (QED) is 0.829. The predicted octanol–water partition coefficient (Wildman–Crippen LogP) is 3.74. The van der Waals surface area contributed by atoms with Crippen LogP contribution in [0.4, 0.5) is 11.5 Å². The van der Waals surface area contributed by atoms with Crippen molar-refractivity contribution in [3.05, 3.63) is 47.7 Å². The first-order chi connectivity index (χ1) is 11.3. The summed E-state index contributed by atoms with van der Waals surface area (Å²) in [6.45, 7) is 6.76. The van der Waals surface area contributed by atoms with E-state index in [1.165, 1.54) is 0 Å². The van der Waals surface area contributed by atoms with E-state index in [4.69, 9.17) is 0 Å². The highest BCUT2D eigenvalue weighted by Gasteiger charge is 2.17. The average molecular weight is 347 g/mol. The van der Waals surface area contributed by atoms with Crippen molar-refractivity contribution in [1.82, 2.24) is 4.98 Å². The molecule has 1 heterocycles. The van der Waals surface area contributed by atoms with Gasteiger partial charge in [-0.15, -0.1) is 0 Å². The molecule has 1 aromatic carbocycles. The fraction of sp³-hybridized carbons (Fsp3) is 0.389. The Morgan fingerprint density at radius 2 is 1.92 bits per heavy atom. The highest BCUT2D eigenvalue weighted by atomic mass is 32.2. The molecule has 0 saturated carbocycles. The van der Waals surface area contributed by atoms with Crippen LogP contribution in [0.5, 0.6) is 0 Å². The standard InChI is InChI=1S/C18H25N3O2S/c1-5-6-11-21(4)16-9-10-18(19-13-16)20-24(22,23)17-12-14(2)7-8-15(17)3/h7-10,12-13H,5-6,11H2,1-4H3,(H,19,20). The molecule has 5 nitrogen and oxygen atoms in total. The van der Waals surface area contributed by atoms with Crippen molar-refractivity contribution in [2.45, 2.75) is 38.5 Å². The summed E-state index contributed by atoms with van der Waals surface area (Å²) in [7, 11) is -1.63. The summed E-state index contributed by atoms with van der Waals surface area (Å²) >= 11 is 0. The highest BCUT2D eigenvalue weighted by molar-refractivity contribution is 7.92. The van der Waals surface area contributed by atoms with Gasteiger partial charge in [-0.3, -0.25) is 4.72 Å². The SMILES string of the molecule is CCCCN(C)c1ccc(NS(=O)(=O)c2cc(C)ccc2C)nc1. The topological polar surface area (TPSA) is 62.3 Å². The minimum atomic E-state index is -3.64. The van der Waals surface area contributed by atoms with Gasteiger partial charge in [0, 0.05) is 13.6 Å². The molecule has 0 aliphatic rings. The normalized spacial score (nSPS) is 11.3. The number of pyridine rings is 1. The molecule has 0 radical (unpaired) electrons. The first-order valence-electron chi connectivity index (χ1n) is 8.10. The van der Waals surface area contributed by atoms with E-state index in [9.17, 15) is 8.42 Å². The number of nitrogens with one attached hydrogen (secondary N) is 1. The van der Waals surface area contributed by atoms with Gasteiger partial charge in [0.1, 0.15) is 5.82 Å². The number of anilines is 2. The summed E-state index contributed by atoms with van der Waals surface area (Å²) in [6.07, 6.45) is 3.93. The summed E-state index contributed by atoms with van der Waals surface area (Å²) in [5.41, 5.74) is 2.59. The molecule has 130 valence electrons. The molecule has 0 aliphatic carbocycles. The lowest BCUT2D eigenvalue weighted by Crippen LogP contribution is -2.19. The molecule has 0 fully saturated rings. The van der Waals surface area contributed by atoms with Gasteiger partial charge in [-0.1, -0.05) is 25.5 Å². The first kappa shape index (κ1) is 18.3. The molecule has 2 aromatic rings. The Kier molecular flexibility index (Phi) is 5.83. The Morgan fingerprint density at radius 3 is 2.54 bits per heavy atom. The number of sulfonamides is 1. The van der Waals surface area contributed by atoms with Gasteiger partial charge in [0.25, 0.3) is 10.0 Å². The van der Waals surface area contributed by atoms with Crippen LogP contribution in [0.2, 0.25) is 0 Å². The molecule has 0 spiro atoms. The fourth-order valence-electron chi connectivity index (χ4n) is 2.39. The smallest absolute Gasteiger partial charge is 0.263 e. The molecule has 0 unspecified atom stereocenters. The van der Waals surface area contributed by atoms with Gasteiger partial charge in [-0.05, 0) is 49.6 Å². The van der Waals surface area contributed by atoms with Crippen LogP contribution in [0.15, 0.2) is 41.4 Å². The van der Waals surface area contributed by atoms with Crippen LogP contribution in [-0.2, 0) is 10.0 Å². The maximum absolute atomic E-state index is 12.6. The molecule has 0 saturated heterocycles. The lowest BCUT2D eigenvalue weighted by molar-refractivity contribution is 0.600. The number of hydrogen-bond donors (Lipinski definition) is 1. The van der Waals surface area contributed by atoms with Gasteiger partial charge in [0.15, 0.2) is 0 Å². The predicted molar refractivity (Wildman–Crippen MR) is 99.1 cm³/mol. The van der Waals surface area contributed by atoms with Crippen LogP contribution in [0.3, 0.4) is 0 Å². The van der Waals surface area contributed by atoms with E-state index in [2.05, 4.69) is 21.5 Å². The number of hydrogen-bond acceptors (Lipinski definition) is 4. The van der Waals surface area contributed by atoms with Gasteiger partial charge < -0.3 is 4.90 Å². The third-order valence-corrected chi connectivity index (χ3v) is 5.40. The number of benzene rings is 1. The maximum atomic E-state index is 12.6. The second-order valence-electron chi connectivity index (χ2n) is 6.05. The van der Waals surface area contributed by atoms with Crippen molar-refractivity contribution in [2.24, 2.45) is 0 Å². The Morgan fingerprint density at radius 1 is 1.17 bits per heavy atom. The summed E-state index contributed by atoms with van der Waals surface area (Å²) in [6, 6.07) is 8.95. The first-order valence-corrected chi connectivity index (χ1v) is 9.59. The zero-order chi connectivity index (χ0) is 17.7. The van der Waals surface area contributed by atoms with Crippen LogP contribution >= 0.6 is 0 Å². The zero-order valence-electron chi connectivity index (χ0n) is 14.7. The summed E-state index contributed by atoms with van der Waals surface area (Å²) in [5.74, 6) is 0.323. The van der Waals surface area contributed by atoms with Crippen molar-refractivity contribution < 1.29 is 8.42 Å². The highest BCUT2D eigenvalue weighted by Crippen LogP contribution is 2.21. The van der Waals surface area contributed by atoms with E-state index in [-0.39, 0.29) is 4.90 Å². The maximum Gasteiger partial charge on any atom is 0.263 e. The lowest BCUT2D eigenvalue weighted by atomic mass is 10.2. The van der Waals surface area contributed by atoms with Crippen molar-refractivity contribution in [2.75, 3.05) is 23.2 Å². The molecule has 0 aliphatic heterocycles. The van der Waals surface area contributed by atoms with Crippen molar-refractivity contribution in [3.8, 4) is 0 Å². The molecular weight excluding hydrogens is 322 g/mol. The molecule has 1 N–H and O–H groups in total. The molecule has 2 rings (SSSR count). The van der Waals surface area contributed by atoms with Crippen LogP contribution < -0.4 is 9.62 Å². The number of rotatable bonds is 7. The zero-order valence-corrected chi connectivity index (χ0v) is 15.5. The number of aryl methyl sites for hydroxylation is 2. The van der Waals surface area contributed by atoms with E-state index in [1.54, 1.807) is 25.3 Å². The van der Waals surface area contributed by atoms with Gasteiger partial charge in [0.2, 0.25) is 0 Å². The van der Waals surface area contributed by atoms with Crippen molar-refractivity contribution in [1.29, 1.82) is 0 Å². The van der Waals surface area contributed by atoms with Crippen molar-refractivity contribution >= 4 is 21.5 Å². The van der Waals surface area contributed by atoms with E-state index in [0.29, 0.717) is 11.4 Å². The van der Waals surface area contributed by atoms with E-state index in [1.807, 2.05) is 32.2 Å². The average Bonchev–Trinajstić information content (AvgIpc) is 2.55. The lowest BCUT2D eigenvalue weighted by Gasteiger charge is -2.18. The second-order valence-corrected chi connectivity index (χ2v) is 7.70. The third kappa shape index (κ3) is 4.47. The molecule has 6 heteroatoms. The number of nitrogens with zero attached hydrogens (tertiary/aromatic N) is 2. The second kappa shape index (κ2) is 7.66. The van der Waals surface area contributed by atoms with Gasteiger partial charge in [0.05, 0.1) is 16.8 Å². The Balaban J connectivity index is 2.17. The number of aromatic nitrogens is 1. The summed E-state index contributed by atoms with van der Waals surface area (Å²) in [5, 5.41) is 0. The molecule has 1 aromatic heterocycles. The Bertz CT molecular complexity index is 786. The van der Waals surface area contributed by atoms with Crippen LogP contribution in [0.1, 0.15) is 30.9 Å². The van der Waals surface area contributed by atoms with E-state index in [0.717, 1.165) is 30.6 Å². The van der Waals surface area contributed by atoms with Crippen LogP contribution in [0, 0.1) is 13.8 Å². The summed E-state index contributed by atoms with van der Waals surface area (Å²) in [4.78, 5) is 6.63. The Hall–Kier alpha value is -2.08. The summed E-state index contributed by atoms with van der Waals surface area (Å²) < 4.78 is 27.7. The Labute approximate surface area is 144 Å². The minimum Gasteiger partial charge on any atom is -0.373 e. The monoisotopic (exact) mass is 347 g/mol. The van der Waals surface area contributed by atoms with Crippen LogP contribution in [0.25, 0.3) is 0 Å². The van der Waals surface area contributed by atoms with Gasteiger partial charge in [-0.2, -0.15) is 0 Å². The molecule has 0 atom stereocenters.